The summed E-state index contributed by atoms with van der Waals surface area (Å²) in [6.45, 7) is 0.697. The van der Waals surface area contributed by atoms with E-state index in [-0.39, 0.29) is 48.1 Å². The Morgan fingerprint density at radius 2 is 0.823 bits per heavy atom. The van der Waals surface area contributed by atoms with Crippen molar-refractivity contribution in [1.29, 1.82) is 0 Å². The van der Waals surface area contributed by atoms with Crippen molar-refractivity contribution in [1.82, 2.24) is 39.0 Å². The highest BCUT2D eigenvalue weighted by molar-refractivity contribution is 6.05. The van der Waals surface area contributed by atoms with E-state index >= 15 is 0 Å². The van der Waals surface area contributed by atoms with E-state index in [0.29, 0.717) is 80.7 Å². The molecule has 0 radical (unpaired) electrons. The molecule has 20 nitrogen and oxygen atoms in total. The van der Waals surface area contributed by atoms with E-state index < -0.39 is 0 Å². The van der Waals surface area contributed by atoms with E-state index in [2.05, 4.69) is 61.4 Å². The first-order valence-electron chi connectivity index (χ1n) is 19.0. The number of fused-ring (bicyclic) bond motifs is 2. The standard InChI is InChI=1S/C42H36N16O4/c43-37-35-39(47-21-45-37)57(23-49-35)19-17-33(59)51-27-5-1-25(2-6-27)41(61)53-29-9-13-31(14-10-29)55-56-32-15-11-30(12-16-32)54-42(62)26-3-7-28(8-4-26)52-34(60)18-20-58-24-50-36-38(44)46-22-48-40(36)58/h1-16,21-24H,17-20H2,(H,51,59)(H,52,60)(H,53,61)(H,54,62)(H2,43,45,47)(H2,44,46,48). The number of aryl methyl sites for hydroxylation is 2. The Kier molecular flexibility index (Phi) is 11.5. The van der Waals surface area contributed by atoms with Crippen molar-refractivity contribution in [2.75, 3.05) is 32.7 Å². The first-order valence-corrected chi connectivity index (χ1v) is 19.0. The van der Waals surface area contributed by atoms with Gasteiger partial charge in [-0.25, -0.2) is 29.9 Å². The van der Waals surface area contributed by atoms with Crippen LogP contribution >= 0.6 is 0 Å². The monoisotopic (exact) mass is 828 g/mol. The van der Waals surface area contributed by atoms with E-state index in [1.165, 1.54) is 12.7 Å². The summed E-state index contributed by atoms with van der Waals surface area (Å²) < 4.78 is 3.47. The number of hydrogen-bond donors (Lipinski definition) is 6. The second-order valence-corrected chi connectivity index (χ2v) is 13.7. The van der Waals surface area contributed by atoms with Crippen LogP contribution in [0.15, 0.2) is 133 Å². The van der Waals surface area contributed by atoms with Crippen LogP contribution in [0.1, 0.15) is 33.6 Å². The number of carbonyl (C=O) groups excluding carboxylic acids is 4. The molecule has 4 aromatic carbocycles. The van der Waals surface area contributed by atoms with Crippen molar-refractivity contribution in [3.05, 3.63) is 133 Å². The first kappa shape index (κ1) is 39.9. The molecule has 4 aromatic heterocycles. The maximum Gasteiger partial charge on any atom is 0.255 e. The maximum atomic E-state index is 12.9. The molecule has 4 heterocycles. The zero-order valence-corrected chi connectivity index (χ0v) is 32.6. The predicted molar refractivity (Wildman–Crippen MR) is 232 cm³/mol. The number of benzene rings is 4. The molecular weight excluding hydrogens is 793 g/mol. The summed E-state index contributed by atoms with van der Waals surface area (Å²) in [4.78, 5) is 75.6. The van der Waals surface area contributed by atoms with E-state index in [1.807, 2.05) is 0 Å². The molecule has 0 unspecified atom stereocenters. The lowest BCUT2D eigenvalue weighted by Gasteiger charge is -2.09. The number of aromatic nitrogens is 8. The third-order valence-corrected chi connectivity index (χ3v) is 9.41. The van der Waals surface area contributed by atoms with Gasteiger partial charge in [0, 0.05) is 59.8 Å². The molecule has 0 aliphatic carbocycles. The van der Waals surface area contributed by atoms with Gasteiger partial charge in [-0.3, -0.25) is 19.2 Å². The predicted octanol–water partition coefficient (Wildman–Crippen LogP) is 6.11. The number of anilines is 6. The fraction of sp³-hybridized carbons (Fsp3) is 0.0952. The van der Waals surface area contributed by atoms with Crippen LogP contribution in [-0.2, 0) is 22.7 Å². The summed E-state index contributed by atoms with van der Waals surface area (Å²) in [6.07, 6.45) is 6.18. The molecule has 0 bridgehead atoms. The van der Waals surface area contributed by atoms with Crippen LogP contribution in [0.2, 0.25) is 0 Å². The van der Waals surface area contributed by atoms with Gasteiger partial charge in [0.25, 0.3) is 11.8 Å². The number of nitrogens with two attached hydrogens (primary N) is 2. The number of nitrogens with one attached hydrogen (secondary N) is 4. The molecule has 0 fully saturated rings. The quantitative estimate of drug-likeness (QED) is 0.0678. The normalized spacial score (nSPS) is 11.2. The molecule has 0 saturated heterocycles. The third kappa shape index (κ3) is 9.50. The maximum absolute atomic E-state index is 12.9. The molecule has 8 N–H and O–H groups in total. The molecule has 0 aliphatic heterocycles. The smallest absolute Gasteiger partial charge is 0.255 e. The molecular formula is C42H36N16O4. The van der Waals surface area contributed by atoms with Crippen molar-refractivity contribution in [3.8, 4) is 0 Å². The fourth-order valence-electron chi connectivity index (χ4n) is 6.17. The molecule has 0 atom stereocenters. The summed E-state index contributed by atoms with van der Waals surface area (Å²) in [6, 6.07) is 26.8. The van der Waals surface area contributed by atoms with Gasteiger partial charge in [0.05, 0.1) is 24.0 Å². The van der Waals surface area contributed by atoms with E-state index in [0.717, 1.165) is 0 Å². The zero-order chi connectivity index (χ0) is 43.0. The molecule has 4 amide bonds. The van der Waals surface area contributed by atoms with Crippen LogP contribution in [-0.4, -0.2) is 62.7 Å². The molecule has 0 saturated carbocycles. The molecule has 62 heavy (non-hydrogen) atoms. The van der Waals surface area contributed by atoms with Crippen molar-refractivity contribution >= 4 is 91.7 Å². The molecule has 0 aliphatic rings. The van der Waals surface area contributed by atoms with Crippen molar-refractivity contribution < 1.29 is 19.2 Å². The van der Waals surface area contributed by atoms with Gasteiger partial charge in [-0.2, -0.15) is 10.2 Å². The molecule has 8 rings (SSSR count). The number of hydrogen-bond acceptors (Lipinski definition) is 14. The largest absolute Gasteiger partial charge is 0.382 e. The Hall–Kier alpha value is -8.94. The number of amides is 4. The van der Waals surface area contributed by atoms with Gasteiger partial charge in [0.2, 0.25) is 11.8 Å². The van der Waals surface area contributed by atoms with E-state index in [1.54, 1.807) is 119 Å². The number of carbonyl (C=O) groups is 4. The van der Waals surface area contributed by atoms with Gasteiger partial charge >= 0.3 is 0 Å². The Balaban J connectivity index is 0.759. The van der Waals surface area contributed by atoms with Gasteiger partial charge in [-0.15, -0.1) is 0 Å². The number of imidazole rings is 2. The Morgan fingerprint density at radius 1 is 0.468 bits per heavy atom. The Morgan fingerprint density at radius 3 is 1.21 bits per heavy atom. The van der Waals surface area contributed by atoms with Crippen molar-refractivity contribution in [2.45, 2.75) is 25.9 Å². The number of nitrogen functional groups attached to an aromatic ring is 2. The van der Waals surface area contributed by atoms with Gasteiger partial charge in [0.15, 0.2) is 22.9 Å². The van der Waals surface area contributed by atoms with Crippen LogP contribution in [0.3, 0.4) is 0 Å². The SMILES string of the molecule is Nc1ncnc2c1ncn2CCC(=O)Nc1ccc(C(=O)Nc2ccc(N=Nc3ccc(NC(=O)c4ccc(NC(=O)CCn5cnc6c(N)ncnc65)cc4)cc3)cc2)cc1. The lowest BCUT2D eigenvalue weighted by molar-refractivity contribution is -0.117. The van der Waals surface area contributed by atoms with Gasteiger partial charge in [0.1, 0.15) is 23.7 Å². The van der Waals surface area contributed by atoms with Crippen LogP contribution in [0.5, 0.6) is 0 Å². The summed E-state index contributed by atoms with van der Waals surface area (Å²) in [5.41, 5.74) is 17.9. The van der Waals surface area contributed by atoms with E-state index in [4.69, 9.17) is 11.5 Å². The van der Waals surface area contributed by atoms with Gasteiger partial charge in [-0.1, -0.05) is 0 Å². The molecule has 8 aromatic rings. The highest BCUT2D eigenvalue weighted by Crippen LogP contribution is 2.23. The third-order valence-electron chi connectivity index (χ3n) is 9.41. The van der Waals surface area contributed by atoms with Crippen LogP contribution in [0.4, 0.5) is 45.8 Å². The van der Waals surface area contributed by atoms with Crippen LogP contribution in [0, 0.1) is 0 Å². The fourth-order valence-corrected chi connectivity index (χ4v) is 6.17. The second kappa shape index (κ2) is 17.9. The average molecular weight is 829 g/mol. The Bertz CT molecular complexity index is 2750. The van der Waals surface area contributed by atoms with Gasteiger partial charge in [-0.05, 0) is 97.1 Å². The minimum atomic E-state index is -0.325. The zero-order valence-electron chi connectivity index (χ0n) is 32.6. The minimum Gasteiger partial charge on any atom is -0.382 e. The van der Waals surface area contributed by atoms with Gasteiger partial charge < -0.3 is 41.9 Å². The van der Waals surface area contributed by atoms with Crippen LogP contribution < -0.4 is 32.7 Å². The summed E-state index contributed by atoms with van der Waals surface area (Å²) in [5, 5.41) is 19.9. The summed E-state index contributed by atoms with van der Waals surface area (Å²) in [7, 11) is 0. The average Bonchev–Trinajstić information content (AvgIpc) is 3.91. The number of rotatable bonds is 14. The second-order valence-electron chi connectivity index (χ2n) is 13.7. The molecule has 0 spiro atoms. The summed E-state index contributed by atoms with van der Waals surface area (Å²) >= 11 is 0. The summed E-state index contributed by atoms with van der Waals surface area (Å²) in [5.74, 6) is -0.530. The molecule has 20 heteroatoms. The highest BCUT2D eigenvalue weighted by atomic mass is 16.2. The minimum absolute atomic E-state index is 0.172. The van der Waals surface area contributed by atoms with Crippen LogP contribution in [0.25, 0.3) is 22.3 Å². The lowest BCUT2D eigenvalue weighted by Crippen LogP contribution is -2.15. The Labute approximate surface area is 351 Å². The topological polar surface area (TPSA) is 280 Å². The first-order chi connectivity index (χ1) is 30.1. The number of azo groups is 1. The van der Waals surface area contributed by atoms with E-state index in [9.17, 15) is 19.2 Å². The van der Waals surface area contributed by atoms with Crippen molar-refractivity contribution in [3.63, 3.8) is 0 Å². The van der Waals surface area contributed by atoms with Crippen molar-refractivity contribution in [2.24, 2.45) is 10.2 Å². The lowest BCUT2D eigenvalue weighted by atomic mass is 10.2. The highest BCUT2D eigenvalue weighted by Gasteiger charge is 2.13. The molecule has 308 valence electrons. The number of nitrogens with zero attached hydrogens (tertiary/aromatic N) is 10.